The van der Waals surface area contributed by atoms with E-state index in [-0.39, 0.29) is 11.5 Å². The van der Waals surface area contributed by atoms with Gasteiger partial charge in [-0.25, -0.2) is 4.39 Å². The summed E-state index contributed by atoms with van der Waals surface area (Å²) in [5.41, 5.74) is 0. The highest BCUT2D eigenvalue weighted by molar-refractivity contribution is 5.85. The maximum Gasteiger partial charge on any atom is 0.172 e. The second kappa shape index (κ2) is 2.62. The summed E-state index contributed by atoms with van der Waals surface area (Å²) in [5.74, 6) is -0.951. The predicted molar refractivity (Wildman–Crippen MR) is 47.2 cm³/mol. The SMILES string of the molecule is Oc1ccc2c(F)c(O)ccc2c1. The smallest absolute Gasteiger partial charge is 0.172 e. The van der Waals surface area contributed by atoms with Crippen LogP contribution in [-0.4, -0.2) is 10.2 Å². The summed E-state index contributed by atoms with van der Waals surface area (Å²) in [6.07, 6.45) is 0. The van der Waals surface area contributed by atoms with E-state index in [9.17, 15) is 4.39 Å². The summed E-state index contributed by atoms with van der Waals surface area (Å²) in [4.78, 5) is 0. The Labute approximate surface area is 73.9 Å². The average Bonchev–Trinajstić information content (AvgIpc) is 2.12. The van der Waals surface area contributed by atoms with Crippen LogP contribution in [-0.2, 0) is 0 Å². The summed E-state index contributed by atoms with van der Waals surface area (Å²) in [6.45, 7) is 0. The average molecular weight is 178 g/mol. The first-order chi connectivity index (χ1) is 6.18. The lowest BCUT2D eigenvalue weighted by Gasteiger charge is -2.01. The molecule has 2 aromatic carbocycles. The fourth-order valence-corrected chi connectivity index (χ4v) is 1.27. The monoisotopic (exact) mass is 178 g/mol. The molecular formula is C10H7FO2. The molecule has 0 heterocycles. The van der Waals surface area contributed by atoms with E-state index < -0.39 is 5.82 Å². The highest BCUT2D eigenvalue weighted by Gasteiger charge is 2.05. The number of fused-ring (bicyclic) bond motifs is 1. The van der Waals surface area contributed by atoms with Crippen molar-refractivity contribution in [3.05, 3.63) is 36.1 Å². The van der Waals surface area contributed by atoms with Crippen molar-refractivity contribution in [2.45, 2.75) is 0 Å². The minimum Gasteiger partial charge on any atom is -0.508 e. The number of halogens is 1. The van der Waals surface area contributed by atoms with Crippen LogP contribution in [0.3, 0.4) is 0 Å². The van der Waals surface area contributed by atoms with Gasteiger partial charge in [0.1, 0.15) is 5.75 Å². The Bertz CT molecular complexity index is 466. The fraction of sp³-hybridized carbons (Fsp3) is 0. The lowest BCUT2D eigenvalue weighted by Crippen LogP contribution is -1.80. The highest BCUT2D eigenvalue weighted by Crippen LogP contribution is 2.27. The molecule has 0 atom stereocenters. The molecule has 0 aliphatic carbocycles. The van der Waals surface area contributed by atoms with Crippen molar-refractivity contribution >= 4 is 10.8 Å². The summed E-state index contributed by atoms with van der Waals surface area (Å²) in [7, 11) is 0. The molecule has 0 spiro atoms. The van der Waals surface area contributed by atoms with E-state index >= 15 is 0 Å². The molecule has 13 heavy (non-hydrogen) atoms. The second-order valence-electron chi connectivity index (χ2n) is 2.80. The summed E-state index contributed by atoms with van der Waals surface area (Å²) < 4.78 is 13.2. The van der Waals surface area contributed by atoms with Gasteiger partial charge in [0.05, 0.1) is 0 Å². The number of phenols is 2. The van der Waals surface area contributed by atoms with Crippen LogP contribution in [0.15, 0.2) is 30.3 Å². The first-order valence-electron chi connectivity index (χ1n) is 3.78. The Kier molecular flexibility index (Phi) is 1.59. The van der Waals surface area contributed by atoms with Gasteiger partial charge < -0.3 is 10.2 Å². The third-order valence-electron chi connectivity index (χ3n) is 1.92. The molecule has 0 radical (unpaired) electrons. The van der Waals surface area contributed by atoms with E-state index in [1.807, 2.05) is 0 Å². The van der Waals surface area contributed by atoms with Crippen molar-refractivity contribution in [3.63, 3.8) is 0 Å². The molecule has 2 aromatic rings. The van der Waals surface area contributed by atoms with Crippen molar-refractivity contribution in [1.29, 1.82) is 0 Å². The number of rotatable bonds is 0. The van der Waals surface area contributed by atoms with E-state index in [1.54, 1.807) is 6.07 Å². The topological polar surface area (TPSA) is 40.5 Å². The molecule has 0 bridgehead atoms. The third-order valence-corrected chi connectivity index (χ3v) is 1.92. The number of aromatic hydroxyl groups is 2. The Morgan fingerprint density at radius 3 is 2.54 bits per heavy atom. The summed E-state index contributed by atoms with van der Waals surface area (Å²) in [6, 6.07) is 7.06. The molecule has 0 unspecified atom stereocenters. The number of phenolic OH excluding ortho intramolecular Hbond substituents is 2. The van der Waals surface area contributed by atoms with Gasteiger partial charge in [0, 0.05) is 5.39 Å². The minimum atomic E-state index is -0.655. The molecule has 66 valence electrons. The van der Waals surface area contributed by atoms with E-state index in [1.165, 1.54) is 24.3 Å². The standard InChI is InChI=1S/C10H7FO2/c11-10-8-3-2-7(12)5-6(8)1-4-9(10)13/h1-5,12-13H. The van der Waals surface area contributed by atoms with E-state index in [0.717, 1.165) is 0 Å². The van der Waals surface area contributed by atoms with Crippen molar-refractivity contribution in [2.75, 3.05) is 0 Å². The summed E-state index contributed by atoms with van der Waals surface area (Å²) >= 11 is 0. The van der Waals surface area contributed by atoms with Crippen molar-refractivity contribution in [2.24, 2.45) is 0 Å². The molecule has 0 aromatic heterocycles. The molecular weight excluding hydrogens is 171 g/mol. The number of benzene rings is 2. The van der Waals surface area contributed by atoms with Gasteiger partial charge >= 0.3 is 0 Å². The normalized spacial score (nSPS) is 10.5. The van der Waals surface area contributed by atoms with Crippen LogP contribution in [0.1, 0.15) is 0 Å². The van der Waals surface area contributed by atoms with Crippen LogP contribution in [0, 0.1) is 5.82 Å². The van der Waals surface area contributed by atoms with Gasteiger partial charge in [-0.05, 0) is 29.7 Å². The van der Waals surface area contributed by atoms with Crippen LogP contribution in [0.2, 0.25) is 0 Å². The predicted octanol–water partition coefficient (Wildman–Crippen LogP) is 2.39. The largest absolute Gasteiger partial charge is 0.508 e. The Morgan fingerprint density at radius 2 is 1.77 bits per heavy atom. The summed E-state index contributed by atoms with van der Waals surface area (Å²) in [5, 5.41) is 19.0. The third kappa shape index (κ3) is 1.18. The van der Waals surface area contributed by atoms with Crippen molar-refractivity contribution in [1.82, 2.24) is 0 Å². The lowest BCUT2D eigenvalue weighted by molar-refractivity contribution is 0.436. The molecule has 2 nitrogen and oxygen atoms in total. The molecule has 0 fully saturated rings. The highest BCUT2D eigenvalue weighted by atomic mass is 19.1. The van der Waals surface area contributed by atoms with Gasteiger partial charge in [0.15, 0.2) is 11.6 Å². The van der Waals surface area contributed by atoms with E-state index in [0.29, 0.717) is 10.8 Å². The van der Waals surface area contributed by atoms with Gasteiger partial charge in [-0.2, -0.15) is 0 Å². The van der Waals surface area contributed by atoms with Gasteiger partial charge in [0.2, 0.25) is 0 Å². The molecule has 0 amide bonds. The molecule has 0 aliphatic rings. The number of hydrogen-bond donors (Lipinski definition) is 2. The van der Waals surface area contributed by atoms with Gasteiger partial charge in [-0.1, -0.05) is 6.07 Å². The lowest BCUT2D eigenvalue weighted by atomic mass is 10.1. The maximum atomic E-state index is 13.2. The molecule has 3 heteroatoms. The maximum absolute atomic E-state index is 13.2. The zero-order chi connectivity index (χ0) is 9.42. The first-order valence-corrected chi connectivity index (χ1v) is 3.78. The van der Waals surface area contributed by atoms with Crippen LogP contribution >= 0.6 is 0 Å². The first kappa shape index (κ1) is 7.86. The molecule has 0 aliphatic heterocycles. The Hall–Kier alpha value is -1.77. The van der Waals surface area contributed by atoms with E-state index in [2.05, 4.69) is 0 Å². The molecule has 2 rings (SSSR count). The van der Waals surface area contributed by atoms with Crippen LogP contribution < -0.4 is 0 Å². The molecule has 0 saturated heterocycles. The van der Waals surface area contributed by atoms with Crippen LogP contribution in [0.5, 0.6) is 11.5 Å². The Morgan fingerprint density at radius 1 is 1.00 bits per heavy atom. The fourth-order valence-electron chi connectivity index (χ4n) is 1.27. The zero-order valence-electron chi connectivity index (χ0n) is 6.66. The quantitative estimate of drug-likeness (QED) is 0.650. The van der Waals surface area contributed by atoms with Crippen molar-refractivity contribution in [3.8, 4) is 11.5 Å². The minimum absolute atomic E-state index is 0.0811. The van der Waals surface area contributed by atoms with Gasteiger partial charge in [-0.3, -0.25) is 0 Å². The van der Waals surface area contributed by atoms with Crippen LogP contribution in [0.4, 0.5) is 4.39 Å². The van der Waals surface area contributed by atoms with E-state index in [4.69, 9.17) is 10.2 Å². The molecule has 2 N–H and O–H groups in total. The van der Waals surface area contributed by atoms with Crippen LogP contribution in [0.25, 0.3) is 10.8 Å². The second-order valence-corrected chi connectivity index (χ2v) is 2.80. The number of hydrogen-bond acceptors (Lipinski definition) is 2. The zero-order valence-corrected chi connectivity index (χ0v) is 6.66. The van der Waals surface area contributed by atoms with Gasteiger partial charge in [-0.15, -0.1) is 0 Å². The van der Waals surface area contributed by atoms with Crippen molar-refractivity contribution < 1.29 is 14.6 Å². The molecule has 0 saturated carbocycles. The van der Waals surface area contributed by atoms with Gasteiger partial charge in [0.25, 0.3) is 0 Å². The Balaban J connectivity index is 2.87.